The molecule has 1 N–H and O–H groups in total. The zero-order valence-corrected chi connectivity index (χ0v) is 15.3. The topological polar surface area (TPSA) is 80.7 Å². The normalized spacial score (nSPS) is 16.1. The fourth-order valence-electron chi connectivity index (χ4n) is 3.15. The number of benzene rings is 1. The van der Waals surface area contributed by atoms with Crippen LogP contribution in [-0.4, -0.2) is 26.1 Å². The van der Waals surface area contributed by atoms with E-state index in [2.05, 4.69) is 56.7 Å². The quantitative estimate of drug-likeness (QED) is 0.769. The molecule has 26 heavy (non-hydrogen) atoms. The molecule has 0 saturated heterocycles. The second-order valence-electron chi connectivity index (χ2n) is 6.59. The molecule has 0 radical (unpaired) electrons. The van der Waals surface area contributed by atoms with Crippen LogP contribution in [0, 0.1) is 12.8 Å². The van der Waals surface area contributed by atoms with E-state index in [9.17, 15) is 4.79 Å². The summed E-state index contributed by atoms with van der Waals surface area (Å²) in [5.74, 6) is -0.0736. The van der Waals surface area contributed by atoms with E-state index in [0.717, 1.165) is 35.5 Å². The lowest BCUT2D eigenvalue weighted by atomic mass is 9.87. The van der Waals surface area contributed by atoms with Crippen molar-refractivity contribution >= 4 is 22.4 Å². The summed E-state index contributed by atoms with van der Waals surface area (Å²) in [6.45, 7) is 2.07. The van der Waals surface area contributed by atoms with Gasteiger partial charge in [0.2, 0.25) is 11.0 Å². The van der Waals surface area contributed by atoms with Gasteiger partial charge < -0.3 is 5.32 Å². The van der Waals surface area contributed by atoms with Crippen LogP contribution in [0.5, 0.6) is 0 Å². The number of nitrogens with zero attached hydrogens (tertiary/aromatic N) is 4. The molecule has 1 aliphatic rings. The number of hydrogen-bond donors (Lipinski definition) is 1. The van der Waals surface area contributed by atoms with Crippen molar-refractivity contribution in [2.75, 3.05) is 5.32 Å². The molecule has 1 aliphatic carbocycles. The van der Waals surface area contributed by atoms with Crippen molar-refractivity contribution in [2.24, 2.45) is 5.92 Å². The first-order chi connectivity index (χ1) is 12.7. The van der Waals surface area contributed by atoms with Crippen molar-refractivity contribution in [2.45, 2.75) is 32.6 Å². The van der Waals surface area contributed by atoms with E-state index in [1.807, 2.05) is 6.20 Å². The van der Waals surface area contributed by atoms with Gasteiger partial charge in [-0.05, 0) is 37.3 Å². The maximum absolute atomic E-state index is 12.6. The molecule has 2 aromatic heterocycles. The molecule has 3 aromatic rings. The number of carbonyl (C=O) groups is 1. The first kappa shape index (κ1) is 16.8. The molecule has 1 unspecified atom stereocenters. The van der Waals surface area contributed by atoms with E-state index in [1.54, 1.807) is 6.33 Å². The Morgan fingerprint density at radius 1 is 1.27 bits per heavy atom. The third-order valence-electron chi connectivity index (χ3n) is 4.62. The highest BCUT2D eigenvalue weighted by Gasteiger charge is 2.26. The van der Waals surface area contributed by atoms with Crippen molar-refractivity contribution in [3.8, 4) is 0 Å². The fourth-order valence-corrected chi connectivity index (χ4v) is 3.92. The third-order valence-corrected chi connectivity index (χ3v) is 5.46. The lowest BCUT2D eigenvalue weighted by molar-refractivity contribution is -0.120. The fraction of sp³-hybridized carbons (Fsp3) is 0.316. The highest BCUT2D eigenvalue weighted by atomic mass is 32.1. The third kappa shape index (κ3) is 3.77. The van der Waals surface area contributed by atoms with E-state index in [0.29, 0.717) is 11.6 Å². The highest BCUT2D eigenvalue weighted by molar-refractivity contribution is 7.15. The van der Waals surface area contributed by atoms with Gasteiger partial charge in [0, 0.05) is 24.2 Å². The molecule has 2 heterocycles. The van der Waals surface area contributed by atoms with E-state index in [-0.39, 0.29) is 11.8 Å². The highest BCUT2D eigenvalue weighted by Crippen LogP contribution is 2.25. The molecule has 0 spiro atoms. The number of aryl methyl sites for hydroxylation is 2. The molecule has 6 nitrogen and oxygen atoms in total. The first-order valence-electron chi connectivity index (χ1n) is 8.64. The number of carbonyl (C=O) groups excluding carboxylic acids is 1. The number of fused-ring (bicyclic) bond motifs is 1. The second-order valence-corrected chi connectivity index (χ2v) is 7.65. The smallest absolute Gasteiger partial charge is 0.229 e. The van der Waals surface area contributed by atoms with Crippen LogP contribution < -0.4 is 5.32 Å². The van der Waals surface area contributed by atoms with Crippen LogP contribution in [0.25, 0.3) is 0 Å². The van der Waals surface area contributed by atoms with Gasteiger partial charge >= 0.3 is 0 Å². The maximum atomic E-state index is 12.6. The van der Waals surface area contributed by atoms with Crippen LogP contribution in [0.4, 0.5) is 5.13 Å². The van der Waals surface area contributed by atoms with Crippen LogP contribution in [0.2, 0.25) is 0 Å². The van der Waals surface area contributed by atoms with Crippen molar-refractivity contribution in [3.63, 3.8) is 0 Å². The monoisotopic (exact) mass is 365 g/mol. The van der Waals surface area contributed by atoms with Gasteiger partial charge in [-0.3, -0.25) is 4.79 Å². The van der Waals surface area contributed by atoms with Crippen LogP contribution in [0.15, 0.2) is 36.8 Å². The van der Waals surface area contributed by atoms with Gasteiger partial charge in [0.25, 0.3) is 0 Å². The number of amides is 1. The maximum Gasteiger partial charge on any atom is 0.229 e. The van der Waals surface area contributed by atoms with E-state index in [1.165, 1.54) is 22.5 Å². The minimum Gasteiger partial charge on any atom is -0.300 e. The number of rotatable bonds is 4. The summed E-state index contributed by atoms with van der Waals surface area (Å²) in [7, 11) is 0. The Kier molecular flexibility index (Phi) is 4.71. The zero-order valence-electron chi connectivity index (χ0n) is 14.5. The molecule has 4 rings (SSSR count). The molecular weight excluding hydrogens is 346 g/mol. The van der Waals surface area contributed by atoms with Gasteiger partial charge in [-0.15, -0.1) is 10.2 Å². The SMILES string of the molecule is Cc1ccc(Cc2nnc(NC(=O)C3CCc4ncncc4C3)s2)cc1. The van der Waals surface area contributed by atoms with E-state index >= 15 is 0 Å². The van der Waals surface area contributed by atoms with Crippen molar-refractivity contribution in [1.29, 1.82) is 0 Å². The Balaban J connectivity index is 1.38. The number of nitrogens with one attached hydrogen (secondary N) is 1. The predicted molar refractivity (Wildman–Crippen MR) is 100 cm³/mol. The van der Waals surface area contributed by atoms with Gasteiger partial charge in [-0.25, -0.2) is 9.97 Å². The summed E-state index contributed by atoms with van der Waals surface area (Å²) in [5.41, 5.74) is 4.54. The predicted octanol–water partition coefficient (Wildman–Crippen LogP) is 2.97. The number of anilines is 1. The average Bonchev–Trinajstić information content (AvgIpc) is 3.10. The standard InChI is InChI=1S/C19H19N5OS/c1-12-2-4-13(5-3-12)8-17-23-24-19(26-17)22-18(25)14-6-7-16-15(9-14)10-20-11-21-16/h2-5,10-11,14H,6-9H2,1H3,(H,22,24,25). The first-order valence-corrected chi connectivity index (χ1v) is 9.45. The van der Waals surface area contributed by atoms with Gasteiger partial charge in [0.15, 0.2) is 0 Å². The Morgan fingerprint density at radius 3 is 2.96 bits per heavy atom. The van der Waals surface area contributed by atoms with Crippen molar-refractivity contribution < 1.29 is 4.79 Å². The van der Waals surface area contributed by atoms with Gasteiger partial charge in [-0.2, -0.15) is 0 Å². The second kappa shape index (κ2) is 7.29. The van der Waals surface area contributed by atoms with E-state index in [4.69, 9.17) is 0 Å². The number of aromatic nitrogens is 4. The summed E-state index contributed by atoms with van der Waals surface area (Å²) in [6, 6.07) is 8.36. The molecule has 1 aromatic carbocycles. The summed E-state index contributed by atoms with van der Waals surface area (Å²) in [4.78, 5) is 20.9. The summed E-state index contributed by atoms with van der Waals surface area (Å²) < 4.78 is 0. The minimum atomic E-state index is -0.0713. The molecule has 0 fully saturated rings. The van der Waals surface area contributed by atoms with Gasteiger partial charge in [0.1, 0.15) is 11.3 Å². The Hall–Kier alpha value is -2.67. The zero-order chi connectivity index (χ0) is 17.9. The molecule has 1 amide bonds. The molecule has 0 bridgehead atoms. The molecular formula is C19H19N5OS. The molecule has 0 saturated carbocycles. The Bertz CT molecular complexity index is 922. The Morgan fingerprint density at radius 2 is 2.12 bits per heavy atom. The molecule has 132 valence electrons. The summed E-state index contributed by atoms with van der Waals surface area (Å²) >= 11 is 1.43. The van der Waals surface area contributed by atoms with Crippen molar-refractivity contribution in [3.05, 3.63) is 64.2 Å². The lowest BCUT2D eigenvalue weighted by Gasteiger charge is -2.21. The largest absolute Gasteiger partial charge is 0.300 e. The van der Waals surface area contributed by atoms with Crippen molar-refractivity contribution in [1.82, 2.24) is 20.2 Å². The average molecular weight is 365 g/mol. The molecule has 1 atom stereocenters. The van der Waals surface area contributed by atoms with Crippen LogP contribution in [-0.2, 0) is 24.1 Å². The van der Waals surface area contributed by atoms with Crippen LogP contribution in [0.1, 0.15) is 33.8 Å². The van der Waals surface area contributed by atoms with Crippen LogP contribution >= 0.6 is 11.3 Å². The van der Waals surface area contributed by atoms with Gasteiger partial charge in [0.05, 0.1) is 0 Å². The Labute approximate surface area is 155 Å². The lowest BCUT2D eigenvalue weighted by Crippen LogP contribution is -2.28. The van der Waals surface area contributed by atoms with Crippen LogP contribution in [0.3, 0.4) is 0 Å². The van der Waals surface area contributed by atoms with E-state index < -0.39 is 0 Å². The molecule has 7 heteroatoms. The minimum absolute atomic E-state index is 0.00228. The van der Waals surface area contributed by atoms with Gasteiger partial charge in [-0.1, -0.05) is 41.2 Å². The summed E-state index contributed by atoms with van der Waals surface area (Å²) in [6.07, 6.45) is 6.39. The summed E-state index contributed by atoms with van der Waals surface area (Å²) in [5, 5.41) is 12.7. The molecule has 0 aliphatic heterocycles. The number of hydrogen-bond acceptors (Lipinski definition) is 6.